The van der Waals surface area contributed by atoms with Gasteiger partial charge >= 0.3 is 5.97 Å². The highest BCUT2D eigenvalue weighted by molar-refractivity contribution is 7.89. The molecule has 2 rings (SSSR count). The molecule has 0 aromatic heterocycles. The minimum absolute atomic E-state index is 0.0716. The Morgan fingerprint density at radius 1 is 1.11 bits per heavy atom. The van der Waals surface area contributed by atoms with Crippen LogP contribution in [0.1, 0.15) is 11.1 Å². The Morgan fingerprint density at radius 2 is 1.85 bits per heavy atom. The smallest absolute Gasteiger partial charge is 0.328 e. The van der Waals surface area contributed by atoms with Gasteiger partial charge in [-0.2, -0.15) is 0 Å². The molecule has 0 fully saturated rings. The Hall–Kier alpha value is -2.84. The van der Waals surface area contributed by atoms with E-state index in [-0.39, 0.29) is 11.4 Å². The monoisotopic (exact) mass is 391 g/mol. The highest BCUT2D eigenvalue weighted by Crippen LogP contribution is 2.27. The first-order chi connectivity index (χ1) is 12.9. The number of carboxylic acids is 1. The predicted octanol–water partition coefficient (Wildman–Crippen LogP) is 2.32. The third-order valence-corrected chi connectivity index (χ3v) is 5.20. The van der Waals surface area contributed by atoms with Gasteiger partial charge in [0.2, 0.25) is 10.0 Å². The Kier molecular flexibility index (Phi) is 6.98. The summed E-state index contributed by atoms with van der Waals surface area (Å²) >= 11 is 0. The van der Waals surface area contributed by atoms with Crippen molar-refractivity contribution in [3.63, 3.8) is 0 Å². The van der Waals surface area contributed by atoms with Crippen LogP contribution in [-0.4, -0.2) is 40.3 Å². The summed E-state index contributed by atoms with van der Waals surface area (Å²) in [7, 11) is -0.622. The molecule has 0 aliphatic carbocycles. The maximum absolute atomic E-state index is 12.4. The zero-order chi connectivity index (χ0) is 19.9. The maximum Gasteiger partial charge on any atom is 0.328 e. The lowest BCUT2D eigenvalue weighted by Crippen LogP contribution is -2.26. The Balaban J connectivity index is 2.05. The summed E-state index contributed by atoms with van der Waals surface area (Å²) in [4.78, 5) is 10.7. The van der Waals surface area contributed by atoms with Crippen molar-refractivity contribution in [2.24, 2.45) is 0 Å². The average molecular weight is 391 g/mol. The summed E-state index contributed by atoms with van der Waals surface area (Å²) in [5, 5.41) is 8.66. The molecule has 27 heavy (non-hydrogen) atoms. The summed E-state index contributed by atoms with van der Waals surface area (Å²) in [5.41, 5.74) is 1.38. The van der Waals surface area contributed by atoms with E-state index in [4.69, 9.17) is 14.6 Å². The van der Waals surface area contributed by atoms with Gasteiger partial charge < -0.3 is 14.6 Å². The fraction of sp³-hybridized carbons (Fsp3) is 0.211. The molecular weight excluding hydrogens is 370 g/mol. The first-order valence-corrected chi connectivity index (χ1v) is 9.55. The van der Waals surface area contributed by atoms with Crippen LogP contribution >= 0.6 is 0 Å². The molecule has 0 saturated carbocycles. The lowest BCUT2D eigenvalue weighted by atomic mass is 10.1. The van der Waals surface area contributed by atoms with E-state index >= 15 is 0 Å². The lowest BCUT2D eigenvalue weighted by molar-refractivity contribution is -0.131. The standard InChI is InChI=1S/C19H21NO6S/c1-25-17-8-6-15(13-18(17)26-2)10-11-20-27(23,24)16-5-3-4-14(12-16)7-9-19(21)22/h3-9,12-13,20H,10-11H2,1-2H3,(H,21,22)/b9-7+. The normalized spacial score (nSPS) is 11.5. The van der Waals surface area contributed by atoms with Crippen LogP contribution < -0.4 is 14.2 Å². The van der Waals surface area contributed by atoms with Crippen molar-refractivity contribution in [3.8, 4) is 11.5 Å². The molecule has 7 nitrogen and oxygen atoms in total. The Bertz CT molecular complexity index is 937. The van der Waals surface area contributed by atoms with Crippen LogP contribution in [0.4, 0.5) is 0 Å². The van der Waals surface area contributed by atoms with Crippen LogP contribution in [0.15, 0.2) is 53.4 Å². The van der Waals surface area contributed by atoms with E-state index in [0.29, 0.717) is 23.5 Å². The molecule has 144 valence electrons. The van der Waals surface area contributed by atoms with Gasteiger partial charge in [0.25, 0.3) is 0 Å². The van der Waals surface area contributed by atoms with Gasteiger partial charge in [0.1, 0.15) is 0 Å². The molecule has 0 spiro atoms. The summed E-state index contributed by atoms with van der Waals surface area (Å²) in [6.45, 7) is 0.201. The molecular formula is C19H21NO6S. The molecule has 0 unspecified atom stereocenters. The largest absolute Gasteiger partial charge is 0.493 e. The number of ether oxygens (including phenoxy) is 2. The molecule has 8 heteroatoms. The van der Waals surface area contributed by atoms with Crippen molar-refractivity contribution in [3.05, 3.63) is 59.7 Å². The molecule has 0 bridgehead atoms. The molecule has 0 atom stereocenters. The van der Waals surface area contributed by atoms with Crippen LogP contribution in [0.25, 0.3) is 6.08 Å². The summed E-state index contributed by atoms with van der Waals surface area (Å²) in [5.74, 6) is 0.0835. The summed E-state index contributed by atoms with van der Waals surface area (Å²) in [6.07, 6.45) is 2.76. The van der Waals surface area contributed by atoms with Crippen molar-refractivity contribution in [2.75, 3.05) is 20.8 Å². The first-order valence-electron chi connectivity index (χ1n) is 8.07. The predicted molar refractivity (Wildman–Crippen MR) is 102 cm³/mol. The molecule has 0 heterocycles. The SMILES string of the molecule is COc1ccc(CCNS(=O)(=O)c2cccc(/C=C/C(=O)O)c2)cc1OC. The number of methoxy groups -OCH3 is 2. The highest BCUT2D eigenvalue weighted by Gasteiger charge is 2.14. The second kappa shape index (κ2) is 9.20. The Morgan fingerprint density at radius 3 is 2.52 bits per heavy atom. The highest BCUT2D eigenvalue weighted by atomic mass is 32.2. The summed E-state index contributed by atoms with van der Waals surface area (Å²) < 4.78 is 37.8. The van der Waals surface area contributed by atoms with E-state index in [1.165, 1.54) is 25.3 Å². The molecule has 0 aliphatic heterocycles. The van der Waals surface area contributed by atoms with Gasteiger partial charge in [0.15, 0.2) is 11.5 Å². The fourth-order valence-electron chi connectivity index (χ4n) is 2.40. The topological polar surface area (TPSA) is 102 Å². The zero-order valence-electron chi connectivity index (χ0n) is 15.0. The number of carbonyl (C=O) groups is 1. The van der Waals surface area contributed by atoms with E-state index < -0.39 is 16.0 Å². The first kappa shape index (κ1) is 20.5. The van der Waals surface area contributed by atoms with Crippen LogP contribution in [0.2, 0.25) is 0 Å². The van der Waals surface area contributed by atoms with Crippen molar-refractivity contribution in [1.82, 2.24) is 4.72 Å². The minimum Gasteiger partial charge on any atom is -0.493 e. The van der Waals surface area contributed by atoms with E-state index in [9.17, 15) is 13.2 Å². The summed E-state index contributed by atoms with van der Waals surface area (Å²) in [6, 6.07) is 11.5. The van der Waals surface area contributed by atoms with E-state index in [1.807, 2.05) is 6.07 Å². The zero-order valence-corrected chi connectivity index (χ0v) is 15.8. The van der Waals surface area contributed by atoms with Gasteiger partial charge in [-0.1, -0.05) is 18.2 Å². The number of rotatable bonds is 9. The average Bonchev–Trinajstić information content (AvgIpc) is 2.66. The third-order valence-electron chi connectivity index (χ3n) is 3.74. The van der Waals surface area contributed by atoms with Gasteiger partial charge in [-0.25, -0.2) is 17.9 Å². The third kappa shape index (κ3) is 5.83. The molecule has 2 aromatic carbocycles. The lowest BCUT2D eigenvalue weighted by Gasteiger charge is -2.10. The molecule has 0 radical (unpaired) electrons. The van der Waals surface area contributed by atoms with Crippen LogP contribution in [0, 0.1) is 0 Å². The van der Waals surface area contributed by atoms with Crippen LogP contribution in [-0.2, 0) is 21.2 Å². The second-order valence-electron chi connectivity index (χ2n) is 5.58. The van der Waals surface area contributed by atoms with Crippen molar-refractivity contribution in [2.45, 2.75) is 11.3 Å². The number of aliphatic carboxylic acids is 1. The van der Waals surface area contributed by atoms with Crippen molar-refractivity contribution < 1.29 is 27.8 Å². The number of carboxylic acid groups (broad SMARTS) is 1. The van der Waals surface area contributed by atoms with Gasteiger partial charge in [0, 0.05) is 12.6 Å². The number of benzene rings is 2. The van der Waals surface area contributed by atoms with Gasteiger partial charge in [0.05, 0.1) is 19.1 Å². The molecule has 0 amide bonds. The van der Waals surface area contributed by atoms with Crippen LogP contribution in [0.5, 0.6) is 11.5 Å². The van der Waals surface area contributed by atoms with E-state index in [1.54, 1.807) is 31.4 Å². The van der Waals surface area contributed by atoms with E-state index in [2.05, 4.69) is 4.72 Å². The maximum atomic E-state index is 12.4. The number of sulfonamides is 1. The van der Waals surface area contributed by atoms with Gasteiger partial charge in [-0.15, -0.1) is 0 Å². The van der Waals surface area contributed by atoms with Gasteiger partial charge in [-0.3, -0.25) is 0 Å². The fourth-order valence-corrected chi connectivity index (χ4v) is 3.49. The van der Waals surface area contributed by atoms with Crippen LogP contribution in [0.3, 0.4) is 0 Å². The number of hydrogen-bond acceptors (Lipinski definition) is 5. The minimum atomic E-state index is -3.71. The number of hydrogen-bond donors (Lipinski definition) is 2. The van der Waals surface area contributed by atoms with Crippen molar-refractivity contribution in [1.29, 1.82) is 0 Å². The quantitative estimate of drug-likeness (QED) is 0.636. The molecule has 0 aliphatic rings. The molecule has 2 N–H and O–H groups in total. The number of nitrogens with one attached hydrogen (secondary N) is 1. The Labute approximate surface area is 158 Å². The molecule has 2 aromatic rings. The second-order valence-corrected chi connectivity index (χ2v) is 7.35. The van der Waals surface area contributed by atoms with Crippen molar-refractivity contribution >= 4 is 22.1 Å². The van der Waals surface area contributed by atoms with E-state index in [0.717, 1.165) is 11.6 Å². The van der Waals surface area contributed by atoms with Gasteiger partial charge in [-0.05, 0) is 47.9 Å². The molecule has 0 saturated heterocycles.